The van der Waals surface area contributed by atoms with Crippen LogP contribution < -0.4 is 0 Å². The van der Waals surface area contributed by atoms with Crippen molar-refractivity contribution >= 4 is 17.6 Å². The topological polar surface area (TPSA) is 68.5 Å². The number of esters is 1. The van der Waals surface area contributed by atoms with E-state index in [9.17, 15) is 4.79 Å². The molecule has 27 heavy (non-hydrogen) atoms. The van der Waals surface area contributed by atoms with Gasteiger partial charge in [-0.25, -0.2) is 4.79 Å². The molecule has 2 heterocycles. The number of carbonyl (C=O) groups is 1. The van der Waals surface area contributed by atoms with Crippen LogP contribution >= 0.6 is 11.6 Å². The number of hydrogen-bond acceptors (Lipinski definition) is 6. The van der Waals surface area contributed by atoms with Crippen molar-refractivity contribution in [1.29, 1.82) is 0 Å². The predicted molar refractivity (Wildman–Crippen MR) is 101 cm³/mol. The Morgan fingerprint density at radius 1 is 1.26 bits per heavy atom. The molecule has 0 spiro atoms. The van der Waals surface area contributed by atoms with Gasteiger partial charge in [-0.2, -0.15) is 4.98 Å². The van der Waals surface area contributed by atoms with Crippen molar-refractivity contribution in [2.45, 2.75) is 12.5 Å². The highest BCUT2D eigenvalue weighted by Gasteiger charge is 2.32. The zero-order valence-electron chi connectivity index (χ0n) is 14.8. The molecule has 1 aliphatic heterocycles. The number of methoxy groups -OCH3 is 1. The molecule has 0 N–H and O–H groups in total. The van der Waals surface area contributed by atoms with Crippen LogP contribution in [0, 0.1) is 0 Å². The molecule has 138 valence electrons. The Bertz CT molecular complexity index is 949. The molecule has 1 saturated heterocycles. The third kappa shape index (κ3) is 3.86. The van der Waals surface area contributed by atoms with Crippen molar-refractivity contribution in [1.82, 2.24) is 15.0 Å². The van der Waals surface area contributed by atoms with Crippen molar-refractivity contribution in [2.24, 2.45) is 0 Å². The number of benzene rings is 2. The number of nitrogens with zero attached hydrogens (tertiary/aromatic N) is 3. The molecule has 0 saturated carbocycles. The molecule has 0 radical (unpaired) electrons. The van der Waals surface area contributed by atoms with Gasteiger partial charge < -0.3 is 9.26 Å². The number of rotatable bonds is 5. The molecule has 1 fully saturated rings. The van der Waals surface area contributed by atoms with Crippen LogP contribution in [0.4, 0.5) is 0 Å². The largest absolute Gasteiger partial charge is 0.465 e. The number of hydrogen-bond donors (Lipinski definition) is 0. The SMILES string of the molecule is COC(=O)c1ccc(CN2CC(c3nc(-c4cccc(Cl)c4)no3)C2)cc1. The van der Waals surface area contributed by atoms with Gasteiger partial charge in [-0.05, 0) is 29.8 Å². The Kier molecular flexibility index (Phi) is 4.92. The number of aromatic nitrogens is 2. The normalized spacial score (nSPS) is 14.7. The van der Waals surface area contributed by atoms with E-state index < -0.39 is 0 Å². The van der Waals surface area contributed by atoms with Crippen molar-refractivity contribution in [2.75, 3.05) is 20.2 Å². The monoisotopic (exact) mass is 383 g/mol. The van der Waals surface area contributed by atoms with Gasteiger partial charge in [0.05, 0.1) is 18.6 Å². The summed E-state index contributed by atoms with van der Waals surface area (Å²) in [7, 11) is 1.38. The molecule has 0 atom stereocenters. The lowest BCUT2D eigenvalue weighted by Gasteiger charge is -2.37. The first-order valence-corrected chi connectivity index (χ1v) is 8.99. The average molecular weight is 384 g/mol. The second kappa shape index (κ2) is 7.50. The van der Waals surface area contributed by atoms with Gasteiger partial charge in [-0.3, -0.25) is 4.90 Å². The highest BCUT2D eigenvalue weighted by Crippen LogP contribution is 2.29. The summed E-state index contributed by atoms with van der Waals surface area (Å²) in [6, 6.07) is 14.9. The second-order valence-electron chi connectivity index (χ2n) is 6.55. The van der Waals surface area contributed by atoms with E-state index in [4.69, 9.17) is 20.9 Å². The Labute approximate surface area is 161 Å². The fourth-order valence-electron chi connectivity index (χ4n) is 3.12. The molecule has 1 aliphatic rings. The van der Waals surface area contributed by atoms with E-state index in [0.29, 0.717) is 22.3 Å². The predicted octanol–water partition coefficient (Wildman–Crippen LogP) is 3.78. The van der Waals surface area contributed by atoms with Crippen LogP contribution in [0.15, 0.2) is 53.1 Å². The average Bonchev–Trinajstić information content (AvgIpc) is 3.14. The number of halogens is 1. The molecule has 0 bridgehead atoms. The van der Waals surface area contributed by atoms with Crippen LogP contribution in [0.2, 0.25) is 5.02 Å². The van der Waals surface area contributed by atoms with Gasteiger partial charge in [0.15, 0.2) is 0 Å². The quantitative estimate of drug-likeness (QED) is 0.624. The Balaban J connectivity index is 1.34. The number of ether oxygens (including phenoxy) is 1. The molecule has 0 unspecified atom stereocenters. The lowest BCUT2D eigenvalue weighted by molar-refractivity contribution is 0.0600. The summed E-state index contributed by atoms with van der Waals surface area (Å²) in [5, 5.41) is 4.71. The molecule has 6 nitrogen and oxygen atoms in total. The molecular formula is C20H18ClN3O3. The standard InChI is InChI=1S/C20H18ClN3O3/c1-26-20(25)14-7-5-13(6-8-14)10-24-11-16(12-24)19-22-18(23-27-19)15-3-2-4-17(21)9-15/h2-9,16H,10-12H2,1H3. The molecule has 4 rings (SSSR count). The minimum absolute atomic E-state index is 0.236. The summed E-state index contributed by atoms with van der Waals surface area (Å²) in [4.78, 5) is 18.3. The third-order valence-electron chi connectivity index (χ3n) is 4.61. The maximum absolute atomic E-state index is 11.5. The molecule has 0 amide bonds. The Morgan fingerprint density at radius 2 is 2.04 bits per heavy atom. The minimum atomic E-state index is -0.322. The minimum Gasteiger partial charge on any atom is -0.465 e. The third-order valence-corrected chi connectivity index (χ3v) is 4.85. The van der Waals surface area contributed by atoms with Crippen LogP contribution in [-0.4, -0.2) is 41.2 Å². The summed E-state index contributed by atoms with van der Waals surface area (Å²) < 4.78 is 10.1. The van der Waals surface area contributed by atoms with E-state index in [1.807, 2.05) is 36.4 Å². The summed E-state index contributed by atoms with van der Waals surface area (Å²) in [5.41, 5.74) is 2.55. The first-order valence-electron chi connectivity index (χ1n) is 8.61. The van der Waals surface area contributed by atoms with Crippen molar-refractivity contribution in [3.05, 3.63) is 70.6 Å². The van der Waals surface area contributed by atoms with Gasteiger partial charge in [0.1, 0.15) is 0 Å². The van der Waals surface area contributed by atoms with Gasteiger partial charge in [0.25, 0.3) is 0 Å². The maximum atomic E-state index is 11.5. The smallest absolute Gasteiger partial charge is 0.337 e. The summed E-state index contributed by atoms with van der Waals surface area (Å²) in [6.07, 6.45) is 0. The molecule has 1 aromatic heterocycles. The molecule has 0 aliphatic carbocycles. The molecule has 3 aromatic rings. The van der Waals surface area contributed by atoms with E-state index >= 15 is 0 Å². The zero-order valence-corrected chi connectivity index (χ0v) is 15.5. The van der Waals surface area contributed by atoms with Crippen LogP contribution in [0.5, 0.6) is 0 Å². The lowest BCUT2D eigenvalue weighted by atomic mass is 9.99. The summed E-state index contributed by atoms with van der Waals surface area (Å²) >= 11 is 6.02. The van der Waals surface area contributed by atoms with Crippen molar-refractivity contribution < 1.29 is 14.1 Å². The van der Waals surface area contributed by atoms with E-state index in [-0.39, 0.29) is 11.9 Å². The second-order valence-corrected chi connectivity index (χ2v) is 6.98. The molecule has 7 heteroatoms. The van der Waals surface area contributed by atoms with E-state index in [0.717, 1.165) is 30.8 Å². The fourth-order valence-corrected chi connectivity index (χ4v) is 3.31. The van der Waals surface area contributed by atoms with Gasteiger partial charge in [-0.15, -0.1) is 0 Å². The molecular weight excluding hydrogens is 366 g/mol. The number of carbonyl (C=O) groups excluding carboxylic acids is 1. The van der Waals surface area contributed by atoms with Crippen molar-refractivity contribution in [3.8, 4) is 11.4 Å². The number of likely N-dealkylation sites (tertiary alicyclic amines) is 1. The van der Waals surface area contributed by atoms with Crippen molar-refractivity contribution in [3.63, 3.8) is 0 Å². The first kappa shape index (κ1) is 17.7. The maximum Gasteiger partial charge on any atom is 0.337 e. The van der Waals surface area contributed by atoms with Gasteiger partial charge in [0, 0.05) is 30.2 Å². The lowest BCUT2D eigenvalue weighted by Crippen LogP contribution is -2.44. The van der Waals surface area contributed by atoms with Gasteiger partial charge in [0.2, 0.25) is 11.7 Å². The first-order chi connectivity index (χ1) is 13.1. The van der Waals surface area contributed by atoms with Crippen LogP contribution in [0.3, 0.4) is 0 Å². The van der Waals surface area contributed by atoms with E-state index in [1.54, 1.807) is 12.1 Å². The van der Waals surface area contributed by atoms with Gasteiger partial charge in [-0.1, -0.05) is 41.0 Å². The Hall–Kier alpha value is -2.70. The summed E-state index contributed by atoms with van der Waals surface area (Å²) in [6.45, 7) is 2.53. The zero-order chi connectivity index (χ0) is 18.8. The summed E-state index contributed by atoms with van der Waals surface area (Å²) in [5.74, 6) is 1.13. The van der Waals surface area contributed by atoms with Gasteiger partial charge >= 0.3 is 5.97 Å². The van der Waals surface area contributed by atoms with E-state index in [1.165, 1.54) is 7.11 Å². The van der Waals surface area contributed by atoms with Crippen LogP contribution in [0.25, 0.3) is 11.4 Å². The van der Waals surface area contributed by atoms with Crippen LogP contribution in [-0.2, 0) is 11.3 Å². The highest BCUT2D eigenvalue weighted by molar-refractivity contribution is 6.30. The van der Waals surface area contributed by atoms with Crippen LogP contribution in [0.1, 0.15) is 27.7 Å². The highest BCUT2D eigenvalue weighted by atomic mass is 35.5. The van der Waals surface area contributed by atoms with E-state index in [2.05, 4.69) is 15.0 Å². The molecule has 2 aromatic carbocycles. The Morgan fingerprint density at radius 3 is 2.74 bits per heavy atom. The fraction of sp³-hybridized carbons (Fsp3) is 0.250.